The summed E-state index contributed by atoms with van der Waals surface area (Å²) in [6, 6.07) is 0. The van der Waals surface area contributed by atoms with Crippen LogP contribution in [0.4, 0.5) is 0 Å². The minimum Gasteiger partial charge on any atom is -0.299 e. The van der Waals surface area contributed by atoms with Gasteiger partial charge in [-0.1, -0.05) is 26.3 Å². The van der Waals surface area contributed by atoms with E-state index < -0.39 is 0 Å². The Labute approximate surface area is 107 Å². The van der Waals surface area contributed by atoms with Gasteiger partial charge in [0.15, 0.2) is 0 Å². The zero-order chi connectivity index (χ0) is 13.1. The largest absolute Gasteiger partial charge is 0.299 e. The van der Waals surface area contributed by atoms with Gasteiger partial charge in [-0.3, -0.25) is 4.79 Å². The summed E-state index contributed by atoms with van der Waals surface area (Å²) in [5.41, 5.74) is 1.54. The van der Waals surface area contributed by atoms with E-state index in [1.165, 1.54) is 12.8 Å². The van der Waals surface area contributed by atoms with Crippen molar-refractivity contribution < 1.29 is 4.79 Å². The van der Waals surface area contributed by atoms with E-state index in [0.717, 1.165) is 30.8 Å². The molecule has 0 radical (unpaired) electrons. The molecule has 1 nitrogen and oxygen atoms in total. The highest BCUT2D eigenvalue weighted by Gasteiger charge is 2.31. The van der Waals surface area contributed by atoms with Crippen LogP contribution < -0.4 is 0 Å². The first-order chi connectivity index (χ1) is 7.80. The van der Waals surface area contributed by atoms with E-state index in [2.05, 4.69) is 27.4 Å². The molecule has 1 fully saturated rings. The first-order valence-electron chi connectivity index (χ1n) is 6.98. The molecule has 0 aromatic carbocycles. The number of ketones is 1. The lowest BCUT2D eigenvalue weighted by Gasteiger charge is -2.36. The van der Waals surface area contributed by atoms with Gasteiger partial charge < -0.3 is 0 Å². The Morgan fingerprint density at radius 1 is 1.12 bits per heavy atom. The average Bonchev–Trinajstić information content (AvgIpc) is 2.25. The molecule has 0 spiro atoms. The van der Waals surface area contributed by atoms with Crippen molar-refractivity contribution in [1.82, 2.24) is 0 Å². The van der Waals surface area contributed by atoms with Crippen molar-refractivity contribution in [2.75, 3.05) is 0 Å². The van der Waals surface area contributed by atoms with Gasteiger partial charge in [0.25, 0.3) is 0 Å². The van der Waals surface area contributed by atoms with Crippen molar-refractivity contribution in [1.29, 1.82) is 0 Å². The summed E-state index contributed by atoms with van der Waals surface area (Å²) >= 11 is 0. The Morgan fingerprint density at radius 2 is 1.65 bits per heavy atom. The van der Waals surface area contributed by atoms with Crippen molar-refractivity contribution in [2.45, 2.75) is 66.2 Å². The van der Waals surface area contributed by atoms with Crippen LogP contribution in [0.3, 0.4) is 0 Å². The standard InChI is InChI=1S/C16H28O/c1-12(2)6-11-15(17)13-7-9-14(10-8-13)16(3,4)5/h13-14H,1,6-11H2,2-5H3. The molecule has 1 saturated carbocycles. The normalized spacial score (nSPS) is 25.6. The minimum atomic E-state index is 0.341. The monoisotopic (exact) mass is 236 g/mol. The van der Waals surface area contributed by atoms with Gasteiger partial charge >= 0.3 is 0 Å². The third-order valence-corrected chi connectivity index (χ3v) is 4.21. The molecule has 98 valence electrons. The zero-order valence-corrected chi connectivity index (χ0v) is 12.0. The van der Waals surface area contributed by atoms with E-state index in [0.29, 0.717) is 23.5 Å². The molecule has 1 aliphatic carbocycles. The van der Waals surface area contributed by atoms with Gasteiger partial charge in [0, 0.05) is 12.3 Å². The first kappa shape index (κ1) is 14.5. The highest BCUT2D eigenvalue weighted by molar-refractivity contribution is 5.81. The van der Waals surface area contributed by atoms with Gasteiger partial charge in [0.1, 0.15) is 5.78 Å². The van der Waals surface area contributed by atoms with Gasteiger partial charge in [-0.05, 0) is 50.4 Å². The number of hydrogen-bond donors (Lipinski definition) is 0. The van der Waals surface area contributed by atoms with Crippen LogP contribution in [0.5, 0.6) is 0 Å². The summed E-state index contributed by atoms with van der Waals surface area (Å²) in [5.74, 6) is 1.61. The highest BCUT2D eigenvalue weighted by Crippen LogP contribution is 2.40. The lowest BCUT2D eigenvalue weighted by Crippen LogP contribution is -2.28. The Morgan fingerprint density at radius 3 is 2.06 bits per heavy atom. The molecule has 0 aromatic rings. The molecular formula is C16H28O. The number of rotatable bonds is 4. The smallest absolute Gasteiger partial charge is 0.136 e. The second-order valence-electron chi connectivity index (χ2n) is 6.84. The van der Waals surface area contributed by atoms with Crippen molar-refractivity contribution in [2.24, 2.45) is 17.3 Å². The Bertz CT molecular complexity index is 274. The number of carbonyl (C=O) groups is 1. The fourth-order valence-corrected chi connectivity index (χ4v) is 2.82. The van der Waals surface area contributed by atoms with Gasteiger partial charge in [-0.2, -0.15) is 0 Å². The highest BCUT2D eigenvalue weighted by atomic mass is 16.1. The van der Waals surface area contributed by atoms with E-state index in [1.807, 2.05) is 6.92 Å². The molecule has 0 aliphatic heterocycles. The van der Waals surface area contributed by atoms with Gasteiger partial charge in [0.05, 0.1) is 0 Å². The molecular weight excluding hydrogens is 208 g/mol. The van der Waals surface area contributed by atoms with Crippen LogP contribution in [-0.4, -0.2) is 5.78 Å². The molecule has 0 atom stereocenters. The van der Waals surface area contributed by atoms with Gasteiger partial charge in [-0.15, -0.1) is 6.58 Å². The molecule has 1 rings (SSSR count). The molecule has 0 N–H and O–H groups in total. The Balaban J connectivity index is 2.36. The zero-order valence-electron chi connectivity index (χ0n) is 12.0. The molecule has 0 amide bonds. The van der Waals surface area contributed by atoms with E-state index in [9.17, 15) is 4.79 Å². The topological polar surface area (TPSA) is 17.1 Å². The summed E-state index contributed by atoms with van der Waals surface area (Å²) in [6.45, 7) is 12.8. The van der Waals surface area contributed by atoms with Crippen molar-refractivity contribution in [3.63, 3.8) is 0 Å². The Kier molecular flexibility index (Phi) is 4.97. The molecule has 0 unspecified atom stereocenters. The molecule has 0 saturated heterocycles. The number of allylic oxidation sites excluding steroid dienone is 1. The van der Waals surface area contributed by atoms with E-state index in [-0.39, 0.29) is 0 Å². The third kappa shape index (κ3) is 4.65. The SMILES string of the molecule is C=C(C)CCC(=O)C1CCC(C(C)(C)C)CC1. The van der Waals surface area contributed by atoms with Crippen molar-refractivity contribution in [3.05, 3.63) is 12.2 Å². The summed E-state index contributed by atoms with van der Waals surface area (Å²) in [6.07, 6.45) is 6.26. The van der Waals surface area contributed by atoms with Crippen LogP contribution in [0.1, 0.15) is 66.2 Å². The van der Waals surface area contributed by atoms with Crippen LogP contribution >= 0.6 is 0 Å². The van der Waals surface area contributed by atoms with Crippen LogP contribution in [0.25, 0.3) is 0 Å². The fourth-order valence-electron chi connectivity index (χ4n) is 2.82. The average molecular weight is 236 g/mol. The van der Waals surface area contributed by atoms with E-state index in [1.54, 1.807) is 0 Å². The lowest BCUT2D eigenvalue weighted by atomic mass is 9.69. The molecule has 17 heavy (non-hydrogen) atoms. The van der Waals surface area contributed by atoms with Crippen LogP contribution in [0, 0.1) is 17.3 Å². The predicted molar refractivity (Wildman–Crippen MR) is 74.0 cm³/mol. The minimum absolute atomic E-state index is 0.341. The number of carbonyl (C=O) groups excluding carboxylic acids is 1. The maximum absolute atomic E-state index is 12.0. The summed E-state index contributed by atoms with van der Waals surface area (Å²) < 4.78 is 0. The lowest BCUT2D eigenvalue weighted by molar-refractivity contribution is -0.124. The molecule has 0 bridgehead atoms. The number of hydrogen-bond acceptors (Lipinski definition) is 1. The van der Waals surface area contributed by atoms with E-state index in [4.69, 9.17) is 0 Å². The quantitative estimate of drug-likeness (QED) is 0.643. The maximum Gasteiger partial charge on any atom is 0.136 e. The fraction of sp³-hybridized carbons (Fsp3) is 0.812. The van der Waals surface area contributed by atoms with E-state index >= 15 is 0 Å². The van der Waals surface area contributed by atoms with Crippen molar-refractivity contribution in [3.8, 4) is 0 Å². The van der Waals surface area contributed by atoms with Crippen LogP contribution in [0.2, 0.25) is 0 Å². The third-order valence-electron chi connectivity index (χ3n) is 4.21. The summed E-state index contributed by atoms with van der Waals surface area (Å²) in [7, 11) is 0. The van der Waals surface area contributed by atoms with Crippen molar-refractivity contribution >= 4 is 5.78 Å². The van der Waals surface area contributed by atoms with Gasteiger partial charge in [-0.25, -0.2) is 0 Å². The van der Waals surface area contributed by atoms with Crippen LogP contribution in [-0.2, 0) is 4.79 Å². The predicted octanol–water partition coefficient (Wildman–Crippen LogP) is 4.76. The molecule has 0 aromatic heterocycles. The first-order valence-corrected chi connectivity index (χ1v) is 6.98. The maximum atomic E-state index is 12.0. The Hall–Kier alpha value is -0.590. The van der Waals surface area contributed by atoms with Crippen LogP contribution in [0.15, 0.2) is 12.2 Å². The van der Waals surface area contributed by atoms with Gasteiger partial charge in [0.2, 0.25) is 0 Å². The molecule has 1 aliphatic rings. The second-order valence-corrected chi connectivity index (χ2v) is 6.84. The summed E-state index contributed by atoms with van der Waals surface area (Å²) in [5, 5.41) is 0. The second kappa shape index (κ2) is 5.84. The molecule has 1 heteroatoms. The molecule has 0 heterocycles. The summed E-state index contributed by atoms with van der Waals surface area (Å²) in [4.78, 5) is 12.0. The number of Topliss-reactive ketones (excluding diaryl/α,β-unsaturated/α-hetero) is 1.